The maximum Gasteiger partial charge on any atom is 0.324 e. The van der Waals surface area contributed by atoms with Crippen LogP contribution in [0, 0.1) is 34.5 Å². The lowest BCUT2D eigenvalue weighted by molar-refractivity contribution is -0.142. The Labute approximate surface area is 229 Å². The van der Waals surface area contributed by atoms with Crippen LogP contribution in [0.1, 0.15) is 123 Å². The fourth-order valence-corrected chi connectivity index (χ4v) is 10.0. The molecule has 0 aromatic rings. The van der Waals surface area contributed by atoms with Crippen molar-refractivity contribution >= 4 is 17.8 Å². The molecule has 6 rings (SSSR count). The van der Waals surface area contributed by atoms with Gasteiger partial charge < -0.3 is 10.6 Å². The number of amides is 4. The number of carbonyl (C=O) groups excluding carboxylic acids is 3. The Hall–Kier alpha value is -1.85. The molecule has 2 N–H and O–H groups in total. The van der Waals surface area contributed by atoms with Gasteiger partial charge in [-0.25, -0.2) is 4.79 Å². The first kappa shape index (κ1) is 26.4. The molecule has 0 spiro atoms. The van der Waals surface area contributed by atoms with Gasteiger partial charge in [-0.1, -0.05) is 58.4 Å². The zero-order chi connectivity index (χ0) is 26.5. The lowest BCUT2D eigenvalue weighted by Gasteiger charge is -2.57. The molecule has 4 amide bonds. The first-order chi connectivity index (χ1) is 18.3. The highest BCUT2D eigenvalue weighted by Gasteiger charge is 2.61. The molecule has 6 nitrogen and oxygen atoms in total. The molecule has 1 saturated heterocycles. The number of hydrogen-bond donors (Lipinski definition) is 2. The highest BCUT2D eigenvalue weighted by atomic mass is 16.2. The second-order valence-electron chi connectivity index (χ2n) is 14.2. The van der Waals surface area contributed by atoms with Crippen LogP contribution in [0.4, 0.5) is 4.79 Å². The molecule has 1 aliphatic heterocycles. The number of allylic oxidation sites excluding steroid dienone is 2. The van der Waals surface area contributed by atoms with Gasteiger partial charge in [0.2, 0.25) is 11.8 Å². The van der Waals surface area contributed by atoms with Crippen LogP contribution in [0.5, 0.6) is 0 Å². The normalized spacial score (nSPS) is 39.7. The van der Waals surface area contributed by atoms with Crippen molar-refractivity contribution in [3.63, 3.8) is 0 Å². The molecule has 1 heterocycles. The van der Waals surface area contributed by atoms with E-state index < -0.39 is 0 Å². The first-order valence-corrected chi connectivity index (χ1v) is 16.0. The van der Waals surface area contributed by atoms with E-state index in [0.717, 1.165) is 82.7 Å². The molecule has 4 saturated carbocycles. The van der Waals surface area contributed by atoms with Crippen LogP contribution < -0.4 is 10.6 Å². The number of hydrogen-bond acceptors (Lipinski definition) is 3. The van der Waals surface area contributed by atoms with E-state index >= 15 is 0 Å². The Kier molecular flexibility index (Phi) is 7.14. The molecule has 6 atom stereocenters. The smallest absolute Gasteiger partial charge is 0.324 e. The van der Waals surface area contributed by atoms with Crippen LogP contribution in [0.3, 0.4) is 0 Å². The topological polar surface area (TPSA) is 78.5 Å². The van der Waals surface area contributed by atoms with Gasteiger partial charge in [-0.3, -0.25) is 14.5 Å². The molecule has 0 bridgehead atoms. The molecule has 4 unspecified atom stereocenters. The van der Waals surface area contributed by atoms with Crippen LogP contribution in [0.25, 0.3) is 0 Å². The van der Waals surface area contributed by atoms with Crippen molar-refractivity contribution in [3.8, 4) is 0 Å². The van der Waals surface area contributed by atoms with Gasteiger partial charge in [0.15, 0.2) is 0 Å². The summed E-state index contributed by atoms with van der Waals surface area (Å²) in [5.74, 6) is 1.87. The van der Waals surface area contributed by atoms with Gasteiger partial charge >= 0.3 is 6.03 Å². The second-order valence-corrected chi connectivity index (χ2v) is 14.2. The van der Waals surface area contributed by atoms with Crippen LogP contribution in [0.2, 0.25) is 0 Å². The first-order valence-electron chi connectivity index (χ1n) is 16.0. The quantitative estimate of drug-likeness (QED) is 0.446. The highest BCUT2D eigenvalue weighted by Crippen LogP contribution is 2.65. The average Bonchev–Trinajstić information content (AvgIpc) is 3.27. The lowest BCUT2D eigenvalue weighted by atomic mass is 9.49. The Morgan fingerprint density at radius 2 is 1.61 bits per heavy atom. The number of urea groups is 1. The van der Waals surface area contributed by atoms with Crippen molar-refractivity contribution in [1.82, 2.24) is 15.5 Å². The van der Waals surface area contributed by atoms with Crippen molar-refractivity contribution in [1.29, 1.82) is 0 Å². The number of rotatable bonds is 3. The van der Waals surface area contributed by atoms with Gasteiger partial charge in [-0.05, 0) is 87.4 Å². The van der Waals surface area contributed by atoms with Crippen LogP contribution in [0.15, 0.2) is 11.8 Å². The number of nitrogens with one attached hydrogen (secondary N) is 2. The molecule has 0 radical (unpaired) electrons. The van der Waals surface area contributed by atoms with Crippen LogP contribution in [-0.2, 0) is 9.59 Å². The van der Waals surface area contributed by atoms with E-state index in [4.69, 9.17) is 0 Å². The zero-order valence-corrected chi connectivity index (χ0v) is 23.7. The maximum absolute atomic E-state index is 14.5. The van der Waals surface area contributed by atoms with Gasteiger partial charge in [0.25, 0.3) is 0 Å². The van der Waals surface area contributed by atoms with Gasteiger partial charge in [-0.2, -0.15) is 0 Å². The summed E-state index contributed by atoms with van der Waals surface area (Å²) in [7, 11) is 0. The minimum atomic E-state index is -0.106. The average molecular weight is 524 g/mol. The fraction of sp³-hybridized carbons (Fsp3) is 0.844. The van der Waals surface area contributed by atoms with Crippen molar-refractivity contribution in [3.05, 3.63) is 11.8 Å². The summed E-state index contributed by atoms with van der Waals surface area (Å²) in [5, 5.41) is 6.52. The lowest BCUT2D eigenvalue weighted by Crippen LogP contribution is -2.57. The molecule has 5 fully saturated rings. The van der Waals surface area contributed by atoms with Gasteiger partial charge in [-0.15, -0.1) is 0 Å². The minimum absolute atomic E-state index is 0.0457. The zero-order valence-electron chi connectivity index (χ0n) is 23.7. The Balaban J connectivity index is 1.23. The third kappa shape index (κ3) is 4.42. The monoisotopic (exact) mass is 523 g/mol. The maximum atomic E-state index is 14.5. The minimum Gasteiger partial charge on any atom is -0.335 e. The van der Waals surface area contributed by atoms with E-state index in [1.54, 1.807) is 4.90 Å². The molecular formula is C32H49N3O3. The molecule has 6 aliphatic rings. The van der Waals surface area contributed by atoms with Gasteiger partial charge in [0, 0.05) is 35.5 Å². The van der Waals surface area contributed by atoms with E-state index in [9.17, 15) is 14.4 Å². The number of fused-ring (bicyclic) bond motifs is 5. The summed E-state index contributed by atoms with van der Waals surface area (Å²) >= 11 is 0. The SMILES string of the molecule is C[C@]12CCC3C(CC=C4NC(=O)CC[C@@]43C)C1CCC2C(=O)N(C(=O)NC1CCCCC1)C1CCCCC1. The molecule has 0 aromatic carbocycles. The van der Waals surface area contributed by atoms with Crippen LogP contribution in [-0.4, -0.2) is 34.8 Å². The van der Waals surface area contributed by atoms with Crippen molar-refractivity contribution in [2.45, 2.75) is 135 Å². The summed E-state index contributed by atoms with van der Waals surface area (Å²) < 4.78 is 0. The summed E-state index contributed by atoms with van der Waals surface area (Å²) in [5.41, 5.74) is 1.16. The number of carbonyl (C=O) groups is 3. The van der Waals surface area contributed by atoms with Crippen molar-refractivity contribution in [2.24, 2.45) is 34.5 Å². The second kappa shape index (κ2) is 10.3. The third-order valence-electron chi connectivity index (χ3n) is 12.2. The fourth-order valence-electron chi connectivity index (χ4n) is 10.0. The van der Waals surface area contributed by atoms with Crippen molar-refractivity contribution in [2.75, 3.05) is 0 Å². The Morgan fingerprint density at radius 1 is 0.895 bits per heavy atom. The van der Waals surface area contributed by atoms with E-state index in [-0.39, 0.29) is 46.7 Å². The summed E-state index contributed by atoms with van der Waals surface area (Å²) in [6.07, 6.45) is 20.1. The predicted octanol–water partition coefficient (Wildman–Crippen LogP) is 6.45. The molecule has 6 heteroatoms. The Morgan fingerprint density at radius 3 is 2.34 bits per heavy atom. The Bertz CT molecular complexity index is 980. The third-order valence-corrected chi connectivity index (χ3v) is 12.2. The number of imide groups is 1. The highest BCUT2D eigenvalue weighted by molar-refractivity contribution is 5.96. The predicted molar refractivity (Wildman–Crippen MR) is 148 cm³/mol. The van der Waals surface area contributed by atoms with Gasteiger partial charge in [0.1, 0.15) is 0 Å². The van der Waals surface area contributed by atoms with E-state index in [1.165, 1.54) is 25.7 Å². The van der Waals surface area contributed by atoms with Crippen molar-refractivity contribution < 1.29 is 14.4 Å². The van der Waals surface area contributed by atoms with Gasteiger partial charge in [0.05, 0.1) is 0 Å². The molecular weight excluding hydrogens is 474 g/mol. The molecule has 5 aliphatic carbocycles. The number of nitrogens with zero attached hydrogens (tertiary/aromatic N) is 1. The van der Waals surface area contributed by atoms with E-state index in [2.05, 4.69) is 30.6 Å². The molecule has 210 valence electrons. The number of piperidine rings is 1. The van der Waals surface area contributed by atoms with E-state index in [0.29, 0.717) is 24.2 Å². The standard InChI is InChI=1S/C32H49N3O3/c1-31-19-17-25-23(13-16-27-32(25,2)20-18-28(36)34-27)24(31)14-15-26(31)29(37)35(22-11-7-4-8-12-22)30(38)33-21-9-5-3-6-10-21/h16,21-26H,3-15,17-20H2,1-2H3,(H,33,38)(H,34,36)/t23?,24?,25?,26?,31-,32+/m0/s1. The van der Waals surface area contributed by atoms with Crippen LogP contribution >= 0.6 is 0 Å². The summed E-state index contributed by atoms with van der Waals surface area (Å²) in [6.45, 7) is 4.75. The largest absolute Gasteiger partial charge is 0.335 e. The molecule has 0 aromatic heterocycles. The summed E-state index contributed by atoms with van der Waals surface area (Å²) in [6, 6.07) is 0.173. The van der Waals surface area contributed by atoms with E-state index in [1.807, 2.05) is 0 Å². The molecule has 38 heavy (non-hydrogen) atoms. The summed E-state index contributed by atoms with van der Waals surface area (Å²) in [4.78, 5) is 42.1.